The zero-order valence-electron chi connectivity index (χ0n) is 8.22. The second kappa shape index (κ2) is 4.66. The van der Waals surface area contributed by atoms with E-state index >= 15 is 0 Å². The molecular formula is C8H4BrClF3N3O. The van der Waals surface area contributed by atoms with E-state index in [-0.39, 0.29) is 0 Å². The molecule has 1 aromatic rings. The molecule has 0 fully saturated rings. The third-order valence-corrected chi connectivity index (χ3v) is 2.89. The predicted molar refractivity (Wildman–Crippen MR) is 55.9 cm³/mol. The topological polar surface area (TPSA) is 58.7 Å². The number of ketones is 1. The quantitative estimate of drug-likeness (QED) is 0.618. The summed E-state index contributed by atoms with van der Waals surface area (Å²) < 4.78 is 38.5. The molecule has 0 N–H and O–H groups in total. The van der Waals surface area contributed by atoms with Crippen LogP contribution in [-0.2, 0) is 13.2 Å². The molecule has 17 heavy (non-hydrogen) atoms. The number of alkyl halides is 4. The number of carbonyl (C=O) groups is 1. The fourth-order valence-corrected chi connectivity index (χ4v) is 1.55. The van der Waals surface area contributed by atoms with Crippen molar-refractivity contribution >= 4 is 33.3 Å². The Labute approximate surface area is 107 Å². The largest absolute Gasteiger partial charge is 0.435 e. The van der Waals surface area contributed by atoms with Gasteiger partial charge >= 0.3 is 6.18 Å². The smallest absolute Gasteiger partial charge is 0.292 e. The molecule has 0 spiro atoms. The van der Waals surface area contributed by atoms with E-state index in [0.29, 0.717) is 0 Å². The number of Topliss-reactive ketones (excluding diaryl/α,β-unsaturated/α-hetero) is 1. The number of rotatable bonds is 2. The minimum Gasteiger partial charge on any atom is -0.292 e. The maximum absolute atomic E-state index is 12.6. The molecule has 0 aromatic carbocycles. The summed E-state index contributed by atoms with van der Waals surface area (Å²) in [6.45, 7) is 0. The molecule has 0 amide bonds. The van der Waals surface area contributed by atoms with Crippen molar-refractivity contribution in [1.29, 1.82) is 5.26 Å². The molecule has 9 heteroatoms. The van der Waals surface area contributed by atoms with Gasteiger partial charge in [0.15, 0.2) is 16.3 Å². The molecule has 92 valence electrons. The van der Waals surface area contributed by atoms with Crippen LogP contribution in [0.1, 0.15) is 16.1 Å². The van der Waals surface area contributed by atoms with Crippen molar-refractivity contribution < 1.29 is 18.0 Å². The van der Waals surface area contributed by atoms with Gasteiger partial charge in [-0.1, -0.05) is 27.5 Å². The first-order chi connectivity index (χ1) is 7.70. The summed E-state index contributed by atoms with van der Waals surface area (Å²) in [6, 6.07) is 1.48. The van der Waals surface area contributed by atoms with Gasteiger partial charge in [0, 0.05) is 7.05 Å². The Morgan fingerprint density at radius 2 is 2.18 bits per heavy atom. The number of halogens is 5. The molecule has 1 rings (SSSR count). The van der Waals surface area contributed by atoms with Gasteiger partial charge in [0.2, 0.25) is 0 Å². The summed E-state index contributed by atoms with van der Waals surface area (Å²) >= 11 is 8.21. The third kappa shape index (κ3) is 2.61. The second-order valence-electron chi connectivity index (χ2n) is 2.99. The fraction of sp³-hybridized carbons (Fsp3) is 0.375. The van der Waals surface area contributed by atoms with Crippen LogP contribution in [0, 0.1) is 11.3 Å². The van der Waals surface area contributed by atoms with Crippen molar-refractivity contribution in [3.8, 4) is 6.07 Å². The molecule has 1 aromatic heterocycles. The van der Waals surface area contributed by atoms with Gasteiger partial charge < -0.3 is 0 Å². The fourth-order valence-electron chi connectivity index (χ4n) is 1.11. The Morgan fingerprint density at radius 1 is 1.65 bits per heavy atom. The van der Waals surface area contributed by atoms with Gasteiger partial charge in [0.25, 0.3) is 0 Å². The molecule has 0 aliphatic heterocycles. The van der Waals surface area contributed by atoms with Gasteiger partial charge in [0.1, 0.15) is 5.15 Å². The first-order valence-corrected chi connectivity index (χ1v) is 5.37. The van der Waals surface area contributed by atoms with Crippen LogP contribution in [0.5, 0.6) is 0 Å². The number of carbonyl (C=O) groups excluding carboxylic acids is 1. The zero-order chi connectivity index (χ0) is 13.4. The molecule has 0 radical (unpaired) electrons. The van der Waals surface area contributed by atoms with Crippen molar-refractivity contribution in [2.24, 2.45) is 7.05 Å². The second-order valence-corrected chi connectivity index (χ2v) is 4.27. The van der Waals surface area contributed by atoms with Crippen molar-refractivity contribution in [3.05, 3.63) is 16.4 Å². The number of aromatic nitrogens is 2. The van der Waals surface area contributed by atoms with Crippen molar-refractivity contribution in [2.75, 3.05) is 0 Å². The number of nitriles is 1. The number of hydrogen-bond donors (Lipinski definition) is 0. The third-order valence-electron chi connectivity index (χ3n) is 1.84. The molecule has 0 saturated heterocycles. The highest BCUT2D eigenvalue weighted by molar-refractivity contribution is 9.10. The molecular weight excluding hydrogens is 326 g/mol. The van der Waals surface area contributed by atoms with Crippen LogP contribution in [-0.4, -0.2) is 20.4 Å². The lowest BCUT2D eigenvalue weighted by atomic mass is 10.1. The molecule has 1 atom stereocenters. The van der Waals surface area contributed by atoms with Gasteiger partial charge in [-0.2, -0.15) is 23.5 Å². The van der Waals surface area contributed by atoms with Gasteiger partial charge in [-0.25, -0.2) is 0 Å². The molecule has 0 aliphatic rings. The Kier molecular flexibility index (Phi) is 3.84. The summed E-state index contributed by atoms with van der Waals surface area (Å²) in [4.78, 5) is 10.2. The summed E-state index contributed by atoms with van der Waals surface area (Å²) in [5.74, 6) is -1.07. The number of nitrogens with zero attached hydrogens (tertiary/aromatic N) is 3. The highest BCUT2D eigenvalue weighted by atomic mass is 79.9. The number of hydrogen-bond acceptors (Lipinski definition) is 3. The van der Waals surface area contributed by atoms with Gasteiger partial charge in [-0.05, 0) is 0 Å². The summed E-state index contributed by atoms with van der Waals surface area (Å²) in [5, 5.41) is 11.2. The van der Waals surface area contributed by atoms with Gasteiger partial charge in [0.05, 0.1) is 11.6 Å². The average Bonchev–Trinajstić information content (AvgIpc) is 2.53. The molecule has 0 aliphatic carbocycles. The van der Waals surface area contributed by atoms with Crippen molar-refractivity contribution in [1.82, 2.24) is 9.78 Å². The molecule has 1 unspecified atom stereocenters. The van der Waals surface area contributed by atoms with Crippen LogP contribution in [0.2, 0.25) is 5.15 Å². The SMILES string of the molecule is Cn1nc(C(F)(F)F)c(C(=O)C(Br)C#N)c1Cl. The van der Waals surface area contributed by atoms with E-state index in [0.717, 1.165) is 4.68 Å². The van der Waals surface area contributed by atoms with E-state index in [4.69, 9.17) is 16.9 Å². The zero-order valence-corrected chi connectivity index (χ0v) is 10.6. The normalized spacial score (nSPS) is 13.2. The summed E-state index contributed by atoms with van der Waals surface area (Å²) in [5.41, 5.74) is -2.19. The summed E-state index contributed by atoms with van der Waals surface area (Å²) in [7, 11) is 1.17. The monoisotopic (exact) mass is 329 g/mol. The highest BCUT2D eigenvalue weighted by Crippen LogP contribution is 2.35. The van der Waals surface area contributed by atoms with E-state index in [1.807, 2.05) is 0 Å². The van der Waals surface area contributed by atoms with E-state index < -0.39 is 33.2 Å². The molecule has 1 heterocycles. The van der Waals surface area contributed by atoms with Crippen molar-refractivity contribution in [3.63, 3.8) is 0 Å². The van der Waals surface area contributed by atoms with Crippen LogP contribution < -0.4 is 0 Å². The lowest BCUT2D eigenvalue weighted by molar-refractivity contribution is -0.141. The van der Waals surface area contributed by atoms with Crippen molar-refractivity contribution in [2.45, 2.75) is 11.0 Å². The Morgan fingerprint density at radius 3 is 2.59 bits per heavy atom. The average molecular weight is 330 g/mol. The lowest BCUT2D eigenvalue weighted by Crippen LogP contribution is -2.18. The molecule has 4 nitrogen and oxygen atoms in total. The van der Waals surface area contributed by atoms with Crippen LogP contribution >= 0.6 is 27.5 Å². The first-order valence-electron chi connectivity index (χ1n) is 4.07. The standard InChI is InChI=1S/C8H4BrClF3N3O/c1-16-7(10)4(5(17)3(9)2-14)6(15-16)8(11,12)13/h3H,1H3. The molecule has 0 saturated carbocycles. The Hall–Kier alpha value is -1.07. The van der Waals surface area contributed by atoms with E-state index in [1.165, 1.54) is 13.1 Å². The Bertz CT molecular complexity index is 505. The maximum atomic E-state index is 12.6. The van der Waals surface area contributed by atoms with Crippen LogP contribution in [0.4, 0.5) is 13.2 Å². The van der Waals surface area contributed by atoms with Crippen LogP contribution in [0.15, 0.2) is 0 Å². The van der Waals surface area contributed by atoms with Gasteiger partial charge in [-0.15, -0.1) is 0 Å². The predicted octanol–water partition coefficient (Wildman–Crippen LogP) is 2.56. The van der Waals surface area contributed by atoms with Crippen LogP contribution in [0.25, 0.3) is 0 Å². The number of aryl methyl sites for hydroxylation is 1. The summed E-state index contributed by atoms with van der Waals surface area (Å²) in [6.07, 6.45) is -4.81. The maximum Gasteiger partial charge on any atom is 0.435 e. The van der Waals surface area contributed by atoms with E-state index in [1.54, 1.807) is 0 Å². The minimum atomic E-state index is -4.81. The Balaban J connectivity index is 3.43. The lowest BCUT2D eigenvalue weighted by Gasteiger charge is -2.05. The minimum absolute atomic E-state index is 0.456. The molecule has 0 bridgehead atoms. The van der Waals surface area contributed by atoms with E-state index in [2.05, 4.69) is 21.0 Å². The highest BCUT2D eigenvalue weighted by Gasteiger charge is 2.42. The van der Waals surface area contributed by atoms with Crippen LogP contribution in [0.3, 0.4) is 0 Å². The first kappa shape index (κ1) is 14.0. The van der Waals surface area contributed by atoms with Gasteiger partial charge in [-0.3, -0.25) is 9.48 Å². The van der Waals surface area contributed by atoms with E-state index in [9.17, 15) is 18.0 Å².